The number of hydrogen-bond acceptors (Lipinski definition) is 2. The molecule has 0 bridgehead atoms. The fourth-order valence-corrected chi connectivity index (χ4v) is 2.93. The second kappa shape index (κ2) is 7.95. The zero-order valence-electron chi connectivity index (χ0n) is 14.6. The van der Waals surface area contributed by atoms with Crippen LogP contribution in [-0.4, -0.2) is 11.7 Å². The van der Waals surface area contributed by atoms with E-state index >= 15 is 0 Å². The topological polar surface area (TPSA) is 18.5 Å². The van der Waals surface area contributed by atoms with Crippen molar-refractivity contribution in [3.05, 3.63) is 36.4 Å². The van der Waals surface area contributed by atoms with Crippen molar-refractivity contribution in [2.24, 2.45) is 11.3 Å². The van der Waals surface area contributed by atoms with Crippen LogP contribution in [0.25, 0.3) is 0 Å². The second-order valence-corrected chi connectivity index (χ2v) is 7.98. The summed E-state index contributed by atoms with van der Waals surface area (Å²) in [6.45, 7) is 13.0. The Balaban J connectivity index is 0.000000304. The van der Waals surface area contributed by atoms with E-state index in [0.29, 0.717) is 5.41 Å². The monoisotopic (exact) mass is 292 g/mol. The number of hydrogen-bond donors (Lipinski definition) is 0. The molecule has 0 spiro atoms. The summed E-state index contributed by atoms with van der Waals surface area (Å²) in [4.78, 5) is 11.0. The van der Waals surface area contributed by atoms with Gasteiger partial charge < -0.3 is 0 Å². The lowest BCUT2D eigenvalue weighted by molar-refractivity contribution is -0.380. The lowest BCUT2D eigenvalue weighted by atomic mass is 9.71. The molecule has 2 atom stereocenters. The quantitative estimate of drug-likeness (QED) is 0.519. The maximum absolute atomic E-state index is 5.55. The number of benzene rings is 1. The third-order valence-electron chi connectivity index (χ3n) is 3.45. The summed E-state index contributed by atoms with van der Waals surface area (Å²) >= 11 is 0. The molecule has 1 aliphatic carbocycles. The van der Waals surface area contributed by atoms with Gasteiger partial charge >= 0.3 is 0 Å². The Morgan fingerprint density at radius 2 is 1.38 bits per heavy atom. The van der Waals surface area contributed by atoms with Crippen molar-refractivity contribution < 1.29 is 9.78 Å². The molecule has 1 aromatic carbocycles. The SMILES string of the molecule is CC1CC(OOC(C)(C)C)CC(C)(C)C1.c1ccccc1. The summed E-state index contributed by atoms with van der Waals surface area (Å²) in [7, 11) is 0. The van der Waals surface area contributed by atoms with E-state index in [1.165, 1.54) is 6.42 Å². The predicted octanol–water partition coefficient (Wildman–Crippen LogP) is 5.63. The lowest BCUT2D eigenvalue weighted by Gasteiger charge is -2.38. The maximum atomic E-state index is 5.55. The van der Waals surface area contributed by atoms with Crippen LogP contribution in [0.15, 0.2) is 36.4 Å². The fraction of sp³-hybridized carbons (Fsp3) is 0.684. The first-order valence-corrected chi connectivity index (χ1v) is 8.02. The minimum Gasteiger partial charge on any atom is -0.233 e. The van der Waals surface area contributed by atoms with Gasteiger partial charge in [0.15, 0.2) is 0 Å². The van der Waals surface area contributed by atoms with Crippen LogP contribution >= 0.6 is 0 Å². The van der Waals surface area contributed by atoms with Crippen molar-refractivity contribution in [3.63, 3.8) is 0 Å². The average Bonchev–Trinajstić information content (AvgIpc) is 2.36. The Bertz CT molecular complexity index is 352. The zero-order valence-corrected chi connectivity index (χ0v) is 14.6. The molecule has 2 heteroatoms. The molecule has 0 heterocycles. The van der Waals surface area contributed by atoms with E-state index in [0.717, 1.165) is 18.8 Å². The van der Waals surface area contributed by atoms with Crippen molar-refractivity contribution in [2.45, 2.75) is 72.5 Å². The molecule has 0 radical (unpaired) electrons. The highest BCUT2D eigenvalue weighted by Gasteiger charge is 2.33. The first-order valence-electron chi connectivity index (χ1n) is 8.02. The van der Waals surface area contributed by atoms with E-state index in [9.17, 15) is 0 Å². The minimum absolute atomic E-state index is 0.204. The molecular formula is C19H32O2. The second-order valence-electron chi connectivity index (χ2n) is 7.98. The van der Waals surface area contributed by atoms with E-state index in [1.54, 1.807) is 0 Å². The fourth-order valence-electron chi connectivity index (χ4n) is 2.93. The molecule has 2 rings (SSSR count). The first kappa shape index (κ1) is 18.2. The minimum atomic E-state index is -0.204. The van der Waals surface area contributed by atoms with Gasteiger partial charge in [-0.2, -0.15) is 0 Å². The van der Waals surface area contributed by atoms with Gasteiger partial charge in [0, 0.05) is 0 Å². The van der Waals surface area contributed by atoms with Crippen molar-refractivity contribution in [1.82, 2.24) is 0 Å². The van der Waals surface area contributed by atoms with Crippen LogP contribution in [0.1, 0.15) is 60.8 Å². The summed E-state index contributed by atoms with van der Waals surface area (Å²) < 4.78 is 0. The largest absolute Gasteiger partial charge is 0.233 e. The van der Waals surface area contributed by atoms with Gasteiger partial charge in [0.25, 0.3) is 0 Å². The van der Waals surface area contributed by atoms with Crippen molar-refractivity contribution in [2.75, 3.05) is 0 Å². The molecule has 0 amide bonds. The highest BCUT2D eigenvalue weighted by molar-refractivity contribution is 4.99. The third kappa shape index (κ3) is 8.90. The summed E-state index contributed by atoms with van der Waals surface area (Å²) in [5, 5.41) is 0. The first-order chi connectivity index (χ1) is 9.68. The molecular weight excluding hydrogens is 260 g/mol. The van der Waals surface area contributed by atoms with Crippen LogP contribution in [-0.2, 0) is 9.78 Å². The van der Waals surface area contributed by atoms with Crippen molar-refractivity contribution in [3.8, 4) is 0 Å². The third-order valence-corrected chi connectivity index (χ3v) is 3.45. The Morgan fingerprint density at radius 3 is 1.76 bits per heavy atom. The molecule has 1 fully saturated rings. The summed E-state index contributed by atoms with van der Waals surface area (Å²) in [6, 6.07) is 12.0. The van der Waals surface area contributed by atoms with Crippen LogP contribution in [0.4, 0.5) is 0 Å². The van der Waals surface area contributed by atoms with Gasteiger partial charge in [-0.3, -0.25) is 0 Å². The Hall–Kier alpha value is -0.860. The van der Waals surface area contributed by atoms with Crippen LogP contribution in [0, 0.1) is 11.3 Å². The normalized spacial score (nSPS) is 24.9. The van der Waals surface area contributed by atoms with E-state index in [-0.39, 0.29) is 11.7 Å². The predicted molar refractivity (Wildman–Crippen MR) is 88.9 cm³/mol. The van der Waals surface area contributed by atoms with Gasteiger partial charge in [-0.1, -0.05) is 57.2 Å². The molecule has 120 valence electrons. The standard InChI is InChI=1S/C13H26O2.C6H6/c1-10-7-11(9-13(5,6)8-10)14-15-12(2,3)4;1-2-4-6-5-3-1/h10-11H,7-9H2,1-6H3;1-6H. The van der Waals surface area contributed by atoms with Crippen LogP contribution in [0.5, 0.6) is 0 Å². The average molecular weight is 292 g/mol. The van der Waals surface area contributed by atoms with E-state index in [2.05, 4.69) is 20.8 Å². The Morgan fingerprint density at radius 1 is 0.905 bits per heavy atom. The summed E-state index contributed by atoms with van der Waals surface area (Å²) in [5.41, 5.74) is 0.189. The molecule has 0 saturated heterocycles. The highest BCUT2D eigenvalue weighted by Crippen LogP contribution is 2.39. The summed E-state index contributed by atoms with van der Waals surface area (Å²) in [5.74, 6) is 0.738. The van der Waals surface area contributed by atoms with Crippen LogP contribution in [0.2, 0.25) is 0 Å². The Labute approximate surface area is 130 Å². The van der Waals surface area contributed by atoms with Crippen molar-refractivity contribution in [1.29, 1.82) is 0 Å². The molecule has 1 aliphatic rings. The van der Waals surface area contributed by atoms with Crippen LogP contribution in [0.3, 0.4) is 0 Å². The van der Waals surface area contributed by atoms with Crippen LogP contribution < -0.4 is 0 Å². The molecule has 0 aliphatic heterocycles. The van der Waals surface area contributed by atoms with Gasteiger partial charge in [0.05, 0.1) is 11.7 Å². The van der Waals surface area contributed by atoms with Gasteiger partial charge in [0.1, 0.15) is 0 Å². The molecule has 2 nitrogen and oxygen atoms in total. The van der Waals surface area contributed by atoms with Crippen molar-refractivity contribution >= 4 is 0 Å². The maximum Gasteiger partial charge on any atom is 0.0952 e. The molecule has 0 N–H and O–H groups in total. The van der Waals surface area contributed by atoms with Gasteiger partial charge in [-0.25, -0.2) is 9.78 Å². The van der Waals surface area contributed by atoms with Gasteiger partial charge in [-0.15, -0.1) is 0 Å². The molecule has 1 saturated carbocycles. The zero-order chi connectivity index (χ0) is 15.9. The van der Waals surface area contributed by atoms with E-state index in [4.69, 9.17) is 9.78 Å². The molecule has 2 unspecified atom stereocenters. The Kier molecular flexibility index (Phi) is 6.89. The lowest BCUT2D eigenvalue weighted by Crippen LogP contribution is -2.34. The van der Waals surface area contributed by atoms with Gasteiger partial charge in [0.2, 0.25) is 0 Å². The van der Waals surface area contributed by atoms with Gasteiger partial charge in [-0.05, 0) is 51.4 Å². The van der Waals surface area contributed by atoms with E-state index in [1.807, 2.05) is 57.2 Å². The molecule has 21 heavy (non-hydrogen) atoms. The van der Waals surface area contributed by atoms with E-state index < -0.39 is 0 Å². The highest BCUT2D eigenvalue weighted by atomic mass is 17.2. The summed E-state index contributed by atoms with van der Waals surface area (Å²) in [6.07, 6.45) is 3.79. The smallest absolute Gasteiger partial charge is 0.0952 e. The molecule has 0 aromatic heterocycles. The number of rotatable bonds is 2. The molecule has 1 aromatic rings.